The van der Waals surface area contributed by atoms with E-state index in [0.717, 1.165) is 37.0 Å². The van der Waals surface area contributed by atoms with Crippen LogP contribution in [0.25, 0.3) is 20.8 Å². The van der Waals surface area contributed by atoms with E-state index in [4.69, 9.17) is 9.72 Å². The van der Waals surface area contributed by atoms with Crippen LogP contribution in [0, 0.1) is 0 Å². The number of amides is 1. The fourth-order valence-electron chi connectivity index (χ4n) is 3.53. The van der Waals surface area contributed by atoms with E-state index in [1.165, 1.54) is 11.6 Å². The Morgan fingerprint density at radius 3 is 2.73 bits per heavy atom. The van der Waals surface area contributed by atoms with Crippen molar-refractivity contribution in [2.75, 3.05) is 6.54 Å². The van der Waals surface area contributed by atoms with E-state index < -0.39 is 5.60 Å². The highest BCUT2D eigenvalue weighted by Crippen LogP contribution is 2.43. The maximum Gasteiger partial charge on any atom is 0.410 e. The Morgan fingerprint density at radius 2 is 2.03 bits per heavy atom. The van der Waals surface area contributed by atoms with E-state index in [0.29, 0.717) is 19.5 Å². The molecule has 156 valence electrons. The number of ether oxygens (including phenoxy) is 1. The number of aromatic nitrogens is 1. The Labute approximate surface area is 184 Å². The fraction of sp³-hybridized carbons (Fsp3) is 0.348. The lowest BCUT2D eigenvalue weighted by atomic mass is 10.0. The molecule has 0 saturated carbocycles. The Bertz CT molecular complexity index is 1100. The van der Waals surface area contributed by atoms with Crippen molar-refractivity contribution in [1.82, 2.24) is 9.88 Å². The second kappa shape index (κ2) is 7.96. The van der Waals surface area contributed by atoms with Gasteiger partial charge in [0.15, 0.2) is 5.78 Å². The molecule has 30 heavy (non-hydrogen) atoms. The number of rotatable bonds is 4. The molecule has 3 aromatic rings. The number of carbonyl (C=O) groups is 2. The highest BCUT2D eigenvalue weighted by atomic mass is 32.1. The van der Waals surface area contributed by atoms with Crippen molar-refractivity contribution in [3.05, 3.63) is 52.2 Å². The van der Waals surface area contributed by atoms with Gasteiger partial charge in [0.2, 0.25) is 0 Å². The minimum atomic E-state index is -0.527. The molecule has 7 heteroatoms. The summed E-state index contributed by atoms with van der Waals surface area (Å²) in [6.07, 6.45) is 2.09. The van der Waals surface area contributed by atoms with Crippen molar-refractivity contribution in [1.29, 1.82) is 0 Å². The molecule has 1 aliphatic rings. The third-order valence-electron chi connectivity index (χ3n) is 4.85. The van der Waals surface area contributed by atoms with Gasteiger partial charge in [-0.15, -0.1) is 22.7 Å². The van der Waals surface area contributed by atoms with Gasteiger partial charge in [0.1, 0.15) is 10.6 Å². The van der Waals surface area contributed by atoms with Gasteiger partial charge in [-0.3, -0.25) is 4.79 Å². The highest BCUT2D eigenvalue weighted by Gasteiger charge is 2.31. The van der Waals surface area contributed by atoms with Gasteiger partial charge in [-0.1, -0.05) is 18.7 Å². The predicted octanol–water partition coefficient (Wildman–Crippen LogP) is 5.62. The zero-order valence-electron chi connectivity index (χ0n) is 17.4. The number of ketones is 1. The highest BCUT2D eigenvalue weighted by molar-refractivity contribution is 7.22. The number of allylic oxidation sites excluding steroid dienone is 1. The van der Waals surface area contributed by atoms with E-state index in [-0.39, 0.29) is 11.9 Å². The Kier molecular flexibility index (Phi) is 5.51. The minimum absolute atomic E-state index is 0.0139. The van der Waals surface area contributed by atoms with E-state index in [2.05, 4.69) is 12.6 Å². The lowest BCUT2D eigenvalue weighted by Crippen LogP contribution is -2.39. The molecule has 1 amide bonds. The van der Waals surface area contributed by atoms with Crippen LogP contribution in [0.3, 0.4) is 0 Å². The average Bonchev–Trinajstić information content (AvgIpc) is 3.26. The number of carbonyl (C=O) groups excluding carboxylic acids is 2. The normalized spacial score (nSPS) is 13.9. The third-order valence-corrected chi connectivity index (χ3v) is 7.12. The van der Waals surface area contributed by atoms with E-state index >= 15 is 0 Å². The zero-order valence-corrected chi connectivity index (χ0v) is 19.0. The molecule has 0 spiro atoms. The van der Waals surface area contributed by atoms with E-state index in [1.54, 1.807) is 27.6 Å². The third kappa shape index (κ3) is 4.18. The molecule has 0 bridgehead atoms. The standard InChI is InChI=1S/C23H24N2O3S2/c1-5-14(26)12-18-20(21-24-16-8-6-7-9-17(16)30-21)15-10-11-25(13-19(15)29-18)22(27)28-23(2,3)4/h5-9H,1,10-13H2,2-4H3. The number of para-hydroxylation sites is 1. The number of thiophene rings is 1. The number of benzene rings is 1. The predicted molar refractivity (Wildman–Crippen MR) is 122 cm³/mol. The van der Waals surface area contributed by atoms with Crippen LogP contribution < -0.4 is 0 Å². The largest absolute Gasteiger partial charge is 0.444 e. The first-order valence-electron chi connectivity index (χ1n) is 9.87. The molecule has 0 saturated heterocycles. The van der Waals surface area contributed by atoms with E-state index in [9.17, 15) is 9.59 Å². The van der Waals surface area contributed by atoms with Crippen molar-refractivity contribution in [3.8, 4) is 10.6 Å². The first-order chi connectivity index (χ1) is 14.2. The van der Waals surface area contributed by atoms with Gasteiger partial charge in [0, 0.05) is 28.3 Å². The average molecular weight is 441 g/mol. The Morgan fingerprint density at radius 1 is 1.27 bits per heavy atom. The Balaban J connectivity index is 1.73. The molecule has 0 fully saturated rings. The van der Waals surface area contributed by atoms with Crippen LogP contribution in [-0.2, 0) is 28.9 Å². The maximum absolute atomic E-state index is 12.6. The summed E-state index contributed by atoms with van der Waals surface area (Å²) in [5, 5.41) is 0.936. The lowest BCUT2D eigenvalue weighted by molar-refractivity contribution is -0.113. The van der Waals surface area contributed by atoms with Gasteiger partial charge in [0.05, 0.1) is 16.8 Å². The summed E-state index contributed by atoms with van der Waals surface area (Å²) in [6.45, 7) is 10.3. The molecular formula is C23H24N2O3S2. The summed E-state index contributed by atoms with van der Waals surface area (Å²) < 4.78 is 6.67. The number of fused-ring (bicyclic) bond motifs is 2. The van der Waals surface area contributed by atoms with Gasteiger partial charge in [0.25, 0.3) is 0 Å². The minimum Gasteiger partial charge on any atom is -0.444 e. The number of thiazole rings is 1. The number of nitrogens with zero attached hydrogens (tertiary/aromatic N) is 2. The molecule has 0 unspecified atom stereocenters. The fourth-order valence-corrected chi connectivity index (χ4v) is 6.04. The molecule has 0 radical (unpaired) electrons. The molecule has 1 aromatic carbocycles. The van der Waals surface area contributed by atoms with Gasteiger partial charge in [-0.2, -0.15) is 0 Å². The van der Waals surface area contributed by atoms with Crippen molar-refractivity contribution >= 4 is 44.8 Å². The summed E-state index contributed by atoms with van der Waals surface area (Å²) in [5.41, 5.74) is 2.70. The summed E-state index contributed by atoms with van der Waals surface area (Å²) in [6, 6.07) is 8.06. The van der Waals surface area contributed by atoms with Gasteiger partial charge in [-0.05, 0) is 51.0 Å². The second-order valence-electron chi connectivity index (χ2n) is 8.29. The first-order valence-corrected chi connectivity index (χ1v) is 11.5. The van der Waals surface area contributed by atoms with Gasteiger partial charge < -0.3 is 9.64 Å². The molecule has 4 rings (SSSR count). The van der Waals surface area contributed by atoms with Crippen molar-refractivity contribution in [2.45, 2.75) is 45.8 Å². The van der Waals surface area contributed by atoms with Crippen molar-refractivity contribution in [2.24, 2.45) is 0 Å². The molecule has 2 aromatic heterocycles. The van der Waals surface area contributed by atoms with Crippen LogP contribution in [0.2, 0.25) is 0 Å². The van der Waals surface area contributed by atoms with Gasteiger partial charge >= 0.3 is 6.09 Å². The zero-order chi connectivity index (χ0) is 21.5. The molecule has 0 atom stereocenters. The quantitative estimate of drug-likeness (QED) is 0.494. The number of hydrogen-bond acceptors (Lipinski definition) is 6. The van der Waals surface area contributed by atoms with Crippen LogP contribution >= 0.6 is 22.7 Å². The van der Waals surface area contributed by atoms with Crippen LogP contribution in [0.15, 0.2) is 36.9 Å². The number of hydrogen-bond donors (Lipinski definition) is 0. The topological polar surface area (TPSA) is 59.5 Å². The molecular weight excluding hydrogens is 416 g/mol. The molecule has 3 heterocycles. The monoisotopic (exact) mass is 440 g/mol. The smallest absolute Gasteiger partial charge is 0.410 e. The van der Waals surface area contributed by atoms with Crippen LogP contribution in [0.4, 0.5) is 4.79 Å². The molecule has 5 nitrogen and oxygen atoms in total. The molecule has 1 aliphatic heterocycles. The molecule has 0 N–H and O–H groups in total. The van der Waals surface area contributed by atoms with Gasteiger partial charge in [-0.25, -0.2) is 9.78 Å². The Hall–Kier alpha value is -2.51. The van der Waals surface area contributed by atoms with E-state index in [1.807, 2.05) is 39.0 Å². The SMILES string of the molecule is C=CC(=O)Cc1sc2c(c1-c1nc3ccccc3s1)CCN(C(=O)OC(C)(C)C)C2. The van der Waals surface area contributed by atoms with Crippen molar-refractivity contribution in [3.63, 3.8) is 0 Å². The summed E-state index contributed by atoms with van der Waals surface area (Å²) in [7, 11) is 0. The second-order valence-corrected chi connectivity index (χ2v) is 10.5. The van der Waals surface area contributed by atoms with Crippen LogP contribution in [0.1, 0.15) is 36.1 Å². The first kappa shape index (κ1) is 20.8. The maximum atomic E-state index is 12.6. The summed E-state index contributed by atoms with van der Waals surface area (Å²) in [4.78, 5) is 33.4. The van der Waals surface area contributed by atoms with Crippen molar-refractivity contribution < 1.29 is 14.3 Å². The molecule has 0 aliphatic carbocycles. The van der Waals surface area contributed by atoms with Crippen LogP contribution in [-0.4, -0.2) is 33.9 Å². The van der Waals surface area contributed by atoms with Crippen LogP contribution in [0.5, 0.6) is 0 Å². The lowest BCUT2D eigenvalue weighted by Gasteiger charge is -2.30. The summed E-state index contributed by atoms with van der Waals surface area (Å²) in [5.74, 6) is -0.0139. The summed E-state index contributed by atoms with van der Waals surface area (Å²) >= 11 is 3.24.